The van der Waals surface area contributed by atoms with Crippen LogP contribution in [0.5, 0.6) is 0 Å². The topological polar surface area (TPSA) is 83.5 Å². The first-order valence-corrected chi connectivity index (χ1v) is 7.27. The van der Waals surface area contributed by atoms with Crippen LogP contribution in [0.4, 0.5) is 5.95 Å². The number of hydrogen-bond donors (Lipinski definition) is 1. The summed E-state index contributed by atoms with van der Waals surface area (Å²) in [7, 11) is 0. The fourth-order valence-electron chi connectivity index (χ4n) is 2.79. The first kappa shape index (κ1) is 12.9. The first-order valence-electron chi connectivity index (χ1n) is 7.27. The van der Waals surface area contributed by atoms with Crippen molar-refractivity contribution in [2.24, 2.45) is 0 Å². The third-order valence-corrected chi connectivity index (χ3v) is 3.82. The zero-order valence-corrected chi connectivity index (χ0v) is 11.9. The Kier molecular flexibility index (Phi) is 3.23. The molecule has 0 amide bonds. The summed E-state index contributed by atoms with van der Waals surface area (Å²) in [6.45, 7) is 0.941. The number of imidazole rings is 1. The lowest BCUT2D eigenvalue weighted by molar-refractivity contribution is 0.675. The van der Waals surface area contributed by atoms with E-state index in [1.54, 1.807) is 31.0 Å². The largest absolute Gasteiger partial charge is 0.343 e. The van der Waals surface area contributed by atoms with E-state index in [9.17, 15) is 0 Å². The third kappa shape index (κ3) is 2.30. The number of rotatable bonds is 3. The van der Waals surface area contributed by atoms with Crippen LogP contribution in [0.3, 0.4) is 0 Å². The minimum atomic E-state index is 0.181. The maximum absolute atomic E-state index is 4.57. The Bertz CT molecular complexity index is 724. The summed E-state index contributed by atoms with van der Waals surface area (Å²) in [5, 5.41) is 0. The summed E-state index contributed by atoms with van der Waals surface area (Å²) in [6.07, 6.45) is 12.7. The van der Waals surface area contributed by atoms with Gasteiger partial charge in [0.2, 0.25) is 5.95 Å². The summed E-state index contributed by atoms with van der Waals surface area (Å²) in [6, 6.07) is 2.01. The lowest BCUT2D eigenvalue weighted by Crippen LogP contribution is -2.25. The fourth-order valence-corrected chi connectivity index (χ4v) is 2.79. The van der Waals surface area contributed by atoms with Gasteiger partial charge >= 0.3 is 0 Å². The molecule has 4 heterocycles. The lowest BCUT2D eigenvalue weighted by Gasteiger charge is -2.23. The van der Waals surface area contributed by atoms with Crippen molar-refractivity contribution in [2.75, 3.05) is 11.4 Å². The second kappa shape index (κ2) is 5.51. The van der Waals surface area contributed by atoms with Gasteiger partial charge in [-0.05, 0) is 18.9 Å². The lowest BCUT2D eigenvalue weighted by atomic mass is 10.1. The van der Waals surface area contributed by atoms with E-state index in [1.807, 2.05) is 12.3 Å². The Morgan fingerprint density at radius 3 is 2.64 bits per heavy atom. The van der Waals surface area contributed by atoms with Crippen LogP contribution in [0, 0.1) is 0 Å². The Morgan fingerprint density at radius 1 is 1.00 bits per heavy atom. The van der Waals surface area contributed by atoms with E-state index in [-0.39, 0.29) is 6.04 Å². The van der Waals surface area contributed by atoms with Crippen molar-refractivity contribution >= 4 is 5.95 Å². The Labute approximate surface area is 127 Å². The maximum atomic E-state index is 4.57. The van der Waals surface area contributed by atoms with E-state index in [4.69, 9.17) is 0 Å². The Morgan fingerprint density at radius 2 is 1.91 bits per heavy atom. The zero-order chi connectivity index (χ0) is 14.8. The van der Waals surface area contributed by atoms with Crippen molar-refractivity contribution in [3.63, 3.8) is 0 Å². The highest BCUT2D eigenvalue weighted by Crippen LogP contribution is 2.33. The molecule has 3 aromatic heterocycles. The molecule has 0 spiro atoms. The van der Waals surface area contributed by atoms with E-state index in [0.29, 0.717) is 0 Å². The molecular formula is C15H15N7. The van der Waals surface area contributed by atoms with Crippen molar-refractivity contribution in [1.29, 1.82) is 0 Å². The van der Waals surface area contributed by atoms with Crippen LogP contribution in [-0.4, -0.2) is 36.4 Å². The van der Waals surface area contributed by atoms with Gasteiger partial charge in [-0.1, -0.05) is 0 Å². The SMILES string of the molecule is c1cnc(N2CCC[C@@H]2c2cnc(-c3ncc[nH]3)cn2)nc1. The van der Waals surface area contributed by atoms with Crippen LogP contribution in [0.1, 0.15) is 24.6 Å². The molecule has 0 unspecified atom stereocenters. The summed E-state index contributed by atoms with van der Waals surface area (Å²) in [5.41, 5.74) is 1.69. The molecule has 7 nitrogen and oxygen atoms in total. The molecule has 0 aromatic carbocycles. The van der Waals surface area contributed by atoms with Crippen LogP contribution < -0.4 is 4.90 Å². The van der Waals surface area contributed by atoms with E-state index < -0.39 is 0 Å². The number of nitrogens with one attached hydrogen (secondary N) is 1. The van der Waals surface area contributed by atoms with Gasteiger partial charge < -0.3 is 9.88 Å². The number of nitrogens with zero attached hydrogens (tertiary/aromatic N) is 6. The van der Waals surface area contributed by atoms with Gasteiger partial charge in [-0.15, -0.1) is 0 Å². The molecule has 110 valence electrons. The summed E-state index contributed by atoms with van der Waals surface area (Å²) in [5.74, 6) is 1.48. The molecule has 3 aromatic rings. The van der Waals surface area contributed by atoms with E-state index in [1.165, 1.54) is 0 Å². The molecule has 0 radical (unpaired) electrons. The second-order valence-electron chi connectivity index (χ2n) is 5.16. The van der Waals surface area contributed by atoms with E-state index in [2.05, 4.69) is 34.8 Å². The fraction of sp³-hybridized carbons (Fsp3) is 0.267. The molecule has 1 fully saturated rings. The van der Waals surface area contributed by atoms with Gasteiger partial charge in [-0.3, -0.25) is 4.98 Å². The molecule has 0 bridgehead atoms. The summed E-state index contributed by atoms with van der Waals surface area (Å²) in [4.78, 5) is 27.1. The molecule has 4 rings (SSSR count). The standard InChI is InChI=1S/C15H15N7/c1-3-13(22(8-1)15-18-4-2-5-19-15)11-9-21-12(10-20-11)14-16-6-7-17-14/h2,4-7,9-10,13H,1,3,8H2,(H,16,17)/t13-/m1/s1. The van der Waals surface area contributed by atoms with Gasteiger partial charge in [0.1, 0.15) is 5.69 Å². The number of hydrogen-bond acceptors (Lipinski definition) is 6. The second-order valence-corrected chi connectivity index (χ2v) is 5.16. The molecule has 0 saturated carbocycles. The first-order chi connectivity index (χ1) is 10.9. The highest BCUT2D eigenvalue weighted by Gasteiger charge is 2.29. The van der Waals surface area contributed by atoms with Crippen LogP contribution in [0.25, 0.3) is 11.5 Å². The van der Waals surface area contributed by atoms with Gasteiger partial charge in [0.15, 0.2) is 5.82 Å². The molecule has 7 heteroatoms. The Balaban J connectivity index is 1.61. The average Bonchev–Trinajstić information content (AvgIpc) is 3.28. The zero-order valence-electron chi connectivity index (χ0n) is 11.9. The predicted molar refractivity (Wildman–Crippen MR) is 81.0 cm³/mol. The highest BCUT2D eigenvalue weighted by molar-refractivity contribution is 5.47. The van der Waals surface area contributed by atoms with Crippen molar-refractivity contribution < 1.29 is 0 Å². The minimum Gasteiger partial charge on any atom is -0.343 e. The van der Waals surface area contributed by atoms with Gasteiger partial charge in [0.05, 0.1) is 24.1 Å². The molecule has 1 aliphatic heterocycles. The summed E-state index contributed by atoms with van der Waals surface area (Å²) >= 11 is 0. The summed E-state index contributed by atoms with van der Waals surface area (Å²) < 4.78 is 0. The van der Waals surface area contributed by atoms with Gasteiger partial charge in [0.25, 0.3) is 0 Å². The van der Waals surface area contributed by atoms with Crippen LogP contribution >= 0.6 is 0 Å². The number of anilines is 1. The molecule has 0 aliphatic carbocycles. The van der Waals surface area contributed by atoms with Crippen molar-refractivity contribution in [1.82, 2.24) is 29.9 Å². The smallest absolute Gasteiger partial charge is 0.225 e. The van der Waals surface area contributed by atoms with Crippen molar-refractivity contribution in [2.45, 2.75) is 18.9 Å². The number of aromatic nitrogens is 6. The predicted octanol–water partition coefficient (Wildman–Crippen LogP) is 2.00. The van der Waals surface area contributed by atoms with Crippen LogP contribution in [-0.2, 0) is 0 Å². The monoisotopic (exact) mass is 293 g/mol. The third-order valence-electron chi connectivity index (χ3n) is 3.82. The minimum absolute atomic E-state index is 0.181. The van der Waals surface area contributed by atoms with Crippen molar-refractivity contribution in [3.8, 4) is 11.5 Å². The number of aromatic amines is 1. The maximum Gasteiger partial charge on any atom is 0.225 e. The van der Waals surface area contributed by atoms with Gasteiger partial charge in [0, 0.05) is 31.3 Å². The highest BCUT2D eigenvalue weighted by atomic mass is 15.3. The molecular weight excluding hydrogens is 278 g/mol. The van der Waals surface area contributed by atoms with Crippen LogP contribution in [0.15, 0.2) is 43.2 Å². The van der Waals surface area contributed by atoms with Crippen LogP contribution in [0.2, 0.25) is 0 Å². The molecule has 1 atom stereocenters. The molecule has 22 heavy (non-hydrogen) atoms. The van der Waals surface area contributed by atoms with Crippen molar-refractivity contribution in [3.05, 3.63) is 48.9 Å². The van der Waals surface area contributed by atoms with Gasteiger partial charge in [-0.25, -0.2) is 19.9 Å². The van der Waals surface area contributed by atoms with E-state index in [0.717, 1.165) is 42.5 Å². The molecule has 1 N–H and O–H groups in total. The Hall–Kier alpha value is -2.83. The molecule has 1 saturated heterocycles. The quantitative estimate of drug-likeness (QED) is 0.795. The average molecular weight is 293 g/mol. The van der Waals surface area contributed by atoms with E-state index >= 15 is 0 Å². The van der Waals surface area contributed by atoms with Gasteiger partial charge in [-0.2, -0.15) is 0 Å². The molecule has 1 aliphatic rings. The number of H-pyrrole nitrogens is 1. The normalized spacial score (nSPS) is 17.8.